The summed E-state index contributed by atoms with van der Waals surface area (Å²) >= 11 is 0. The van der Waals surface area contributed by atoms with Gasteiger partial charge in [-0.05, 0) is 31.1 Å². The maximum Gasteiger partial charge on any atom is 0.0863 e. The third-order valence-corrected chi connectivity index (χ3v) is 4.35. The maximum atomic E-state index is 10.2. The molecule has 4 heteroatoms. The van der Waals surface area contributed by atoms with E-state index in [2.05, 4.69) is 34.6 Å². The summed E-state index contributed by atoms with van der Waals surface area (Å²) in [6.45, 7) is 14.8. The molecule has 0 spiro atoms. The summed E-state index contributed by atoms with van der Waals surface area (Å²) in [5.41, 5.74) is 0. The number of ether oxygens (including phenoxy) is 3. The SMILES string of the molecule is COC(CC(C)OC(C(C)C)C(CC(C)C)OC)C(O)C(C)C. The first-order valence-electron chi connectivity index (χ1n) is 9.03. The highest BCUT2D eigenvalue weighted by Crippen LogP contribution is 2.24. The van der Waals surface area contributed by atoms with E-state index in [4.69, 9.17) is 14.2 Å². The number of aliphatic hydroxyl groups is 1. The van der Waals surface area contributed by atoms with Crippen LogP contribution in [0.4, 0.5) is 0 Å². The van der Waals surface area contributed by atoms with E-state index >= 15 is 0 Å². The second kappa shape index (κ2) is 11.4. The number of rotatable bonds is 12. The van der Waals surface area contributed by atoms with Crippen molar-refractivity contribution in [2.24, 2.45) is 17.8 Å². The minimum absolute atomic E-state index is 0.00515. The van der Waals surface area contributed by atoms with Crippen molar-refractivity contribution >= 4 is 0 Å². The molecule has 0 saturated carbocycles. The quantitative estimate of drug-likeness (QED) is 0.589. The standard InChI is InChI=1S/C19H40O4/c1-12(2)10-17(22-9)19(14(5)6)23-15(7)11-16(21-8)18(20)13(3)4/h12-20H,10-11H2,1-9H3. The lowest BCUT2D eigenvalue weighted by Gasteiger charge is -2.34. The van der Waals surface area contributed by atoms with Crippen LogP contribution < -0.4 is 0 Å². The van der Waals surface area contributed by atoms with Crippen LogP contribution in [-0.2, 0) is 14.2 Å². The Balaban J connectivity index is 4.80. The first-order valence-corrected chi connectivity index (χ1v) is 9.03. The zero-order valence-electron chi connectivity index (χ0n) is 16.7. The average Bonchev–Trinajstić information content (AvgIpc) is 2.46. The molecule has 0 amide bonds. The van der Waals surface area contributed by atoms with Crippen LogP contribution >= 0.6 is 0 Å². The first kappa shape index (κ1) is 22.8. The predicted octanol–water partition coefficient (Wildman–Crippen LogP) is 3.90. The van der Waals surface area contributed by atoms with Crippen LogP contribution in [0, 0.1) is 17.8 Å². The summed E-state index contributed by atoms with van der Waals surface area (Å²) in [6.07, 6.45) is 1.12. The van der Waals surface area contributed by atoms with Crippen LogP contribution in [0.1, 0.15) is 61.3 Å². The van der Waals surface area contributed by atoms with E-state index in [1.807, 2.05) is 13.8 Å². The molecule has 0 heterocycles. The Bertz CT molecular complexity index is 291. The van der Waals surface area contributed by atoms with Crippen molar-refractivity contribution in [1.82, 2.24) is 0 Å². The molecule has 1 N–H and O–H groups in total. The smallest absolute Gasteiger partial charge is 0.0863 e. The van der Waals surface area contributed by atoms with Gasteiger partial charge in [0.1, 0.15) is 0 Å². The van der Waals surface area contributed by atoms with E-state index < -0.39 is 6.10 Å². The van der Waals surface area contributed by atoms with Gasteiger partial charge in [-0.15, -0.1) is 0 Å². The van der Waals surface area contributed by atoms with E-state index in [1.54, 1.807) is 14.2 Å². The van der Waals surface area contributed by atoms with Gasteiger partial charge in [-0.3, -0.25) is 0 Å². The van der Waals surface area contributed by atoms with Gasteiger partial charge >= 0.3 is 0 Å². The fourth-order valence-electron chi connectivity index (χ4n) is 2.96. The Morgan fingerprint density at radius 1 is 0.739 bits per heavy atom. The third-order valence-electron chi connectivity index (χ3n) is 4.35. The van der Waals surface area contributed by atoms with Gasteiger partial charge in [-0.1, -0.05) is 41.5 Å². The second-order valence-corrected chi connectivity index (χ2v) is 7.80. The van der Waals surface area contributed by atoms with Crippen molar-refractivity contribution in [2.45, 2.75) is 91.8 Å². The summed E-state index contributed by atoms with van der Waals surface area (Å²) in [5.74, 6) is 1.10. The van der Waals surface area contributed by atoms with Crippen LogP contribution in [-0.4, -0.2) is 49.8 Å². The van der Waals surface area contributed by atoms with Crippen molar-refractivity contribution in [3.8, 4) is 0 Å². The number of methoxy groups -OCH3 is 2. The predicted molar refractivity (Wildman–Crippen MR) is 95.7 cm³/mol. The molecule has 0 saturated heterocycles. The molecule has 0 aromatic heterocycles. The monoisotopic (exact) mass is 332 g/mol. The Morgan fingerprint density at radius 3 is 1.61 bits per heavy atom. The van der Waals surface area contributed by atoms with Crippen LogP contribution in [0.15, 0.2) is 0 Å². The highest BCUT2D eigenvalue weighted by molar-refractivity contribution is 4.79. The summed E-state index contributed by atoms with van der Waals surface area (Å²) in [4.78, 5) is 0. The Hall–Kier alpha value is -0.160. The largest absolute Gasteiger partial charge is 0.390 e. The topological polar surface area (TPSA) is 47.9 Å². The summed E-state index contributed by atoms with van der Waals surface area (Å²) in [6, 6.07) is 0. The molecule has 0 aliphatic carbocycles. The Labute approximate surface area is 143 Å². The average molecular weight is 333 g/mol. The molecule has 0 aliphatic rings. The van der Waals surface area contributed by atoms with Crippen LogP contribution in [0.5, 0.6) is 0 Å². The van der Waals surface area contributed by atoms with E-state index in [1.165, 1.54) is 0 Å². The number of hydrogen-bond acceptors (Lipinski definition) is 4. The lowest BCUT2D eigenvalue weighted by atomic mass is 9.93. The van der Waals surface area contributed by atoms with Crippen molar-refractivity contribution in [3.05, 3.63) is 0 Å². The van der Waals surface area contributed by atoms with E-state index in [9.17, 15) is 5.11 Å². The summed E-state index contributed by atoms with van der Waals surface area (Å²) in [7, 11) is 3.41. The first-order chi connectivity index (χ1) is 10.6. The summed E-state index contributed by atoms with van der Waals surface area (Å²) in [5, 5.41) is 10.2. The van der Waals surface area contributed by atoms with E-state index in [-0.39, 0.29) is 30.3 Å². The van der Waals surface area contributed by atoms with E-state index in [0.29, 0.717) is 18.3 Å². The molecule has 0 fully saturated rings. The fraction of sp³-hybridized carbons (Fsp3) is 1.00. The lowest BCUT2D eigenvalue weighted by Crippen LogP contribution is -2.41. The molecular weight excluding hydrogens is 292 g/mol. The number of aliphatic hydroxyl groups excluding tert-OH is 1. The molecular formula is C19H40O4. The van der Waals surface area contributed by atoms with Gasteiger partial charge in [-0.25, -0.2) is 0 Å². The van der Waals surface area contributed by atoms with Gasteiger partial charge < -0.3 is 19.3 Å². The molecule has 0 aromatic rings. The Morgan fingerprint density at radius 2 is 1.26 bits per heavy atom. The fourth-order valence-corrected chi connectivity index (χ4v) is 2.96. The van der Waals surface area contributed by atoms with Gasteiger partial charge in [0, 0.05) is 20.6 Å². The van der Waals surface area contributed by atoms with Crippen LogP contribution in [0.2, 0.25) is 0 Å². The van der Waals surface area contributed by atoms with Crippen LogP contribution in [0.25, 0.3) is 0 Å². The van der Waals surface area contributed by atoms with Crippen molar-refractivity contribution < 1.29 is 19.3 Å². The molecule has 5 unspecified atom stereocenters. The highest BCUT2D eigenvalue weighted by atomic mass is 16.5. The molecule has 0 bridgehead atoms. The minimum Gasteiger partial charge on any atom is -0.390 e. The number of hydrogen-bond donors (Lipinski definition) is 1. The molecule has 23 heavy (non-hydrogen) atoms. The minimum atomic E-state index is -0.475. The zero-order chi connectivity index (χ0) is 18.2. The lowest BCUT2D eigenvalue weighted by molar-refractivity contribution is -0.129. The zero-order valence-corrected chi connectivity index (χ0v) is 16.7. The highest BCUT2D eigenvalue weighted by Gasteiger charge is 2.30. The van der Waals surface area contributed by atoms with Crippen molar-refractivity contribution in [3.63, 3.8) is 0 Å². The Kier molecular flexibility index (Phi) is 11.3. The maximum absolute atomic E-state index is 10.2. The normalized spacial score (nSPS) is 19.2. The second-order valence-electron chi connectivity index (χ2n) is 7.80. The summed E-state index contributed by atoms with van der Waals surface area (Å²) < 4.78 is 17.5. The molecule has 5 atom stereocenters. The van der Waals surface area contributed by atoms with Crippen molar-refractivity contribution in [2.75, 3.05) is 14.2 Å². The molecule has 0 radical (unpaired) electrons. The van der Waals surface area contributed by atoms with Gasteiger partial charge in [-0.2, -0.15) is 0 Å². The third kappa shape index (κ3) is 8.48. The molecule has 0 rings (SSSR count). The van der Waals surface area contributed by atoms with Gasteiger partial charge in [0.15, 0.2) is 0 Å². The van der Waals surface area contributed by atoms with Crippen LogP contribution in [0.3, 0.4) is 0 Å². The van der Waals surface area contributed by atoms with E-state index in [0.717, 1.165) is 6.42 Å². The molecule has 4 nitrogen and oxygen atoms in total. The molecule has 0 aliphatic heterocycles. The van der Waals surface area contributed by atoms with Gasteiger partial charge in [0.2, 0.25) is 0 Å². The van der Waals surface area contributed by atoms with Gasteiger partial charge in [0.25, 0.3) is 0 Å². The molecule has 0 aromatic carbocycles. The molecule has 140 valence electrons. The van der Waals surface area contributed by atoms with Gasteiger partial charge in [0.05, 0.1) is 30.5 Å². The van der Waals surface area contributed by atoms with Crippen molar-refractivity contribution in [1.29, 1.82) is 0 Å².